The van der Waals surface area contributed by atoms with Gasteiger partial charge in [0.25, 0.3) is 0 Å². The molecule has 0 spiro atoms. The molecule has 0 saturated carbocycles. The normalized spacial score (nSPS) is 23.6. The molecule has 0 aliphatic carbocycles. The highest BCUT2D eigenvalue weighted by Gasteiger charge is 2.37. The van der Waals surface area contributed by atoms with Gasteiger partial charge in [0.1, 0.15) is 11.8 Å². The zero-order chi connectivity index (χ0) is 24.8. The Hall–Kier alpha value is -3.04. The number of para-hydroxylation sites is 1. The summed E-state index contributed by atoms with van der Waals surface area (Å²) in [5.74, 6) is -0.00145. The van der Waals surface area contributed by atoms with E-state index in [1.54, 1.807) is 44.0 Å². The quantitative estimate of drug-likeness (QED) is 0.737. The average molecular weight is 476 g/mol. The number of hydrogen-bond donors (Lipinski definition) is 1. The molecule has 2 amide bonds. The first-order valence-electron chi connectivity index (χ1n) is 11.8. The number of carbonyl (C=O) groups excluding carboxylic acids is 2. The van der Waals surface area contributed by atoms with Gasteiger partial charge in [0.2, 0.25) is 5.91 Å². The van der Waals surface area contributed by atoms with Crippen molar-refractivity contribution >= 4 is 28.7 Å². The average Bonchev–Trinajstić information content (AvgIpc) is 3.03. The van der Waals surface area contributed by atoms with Gasteiger partial charge in [0.05, 0.1) is 35.3 Å². The van der Waals surface area contributed by atoms with Crippen molar-refractivity contribution in [3.8, 4) is 0 Å². The monoisotopic (exact) mass is 475 g/mol. The number of aryl methyl sites for hydroxylation is 1. The Morgan fingerprint density at radius 1 is 1.24 bits per heavy atom. The van der Waals surface area contributed by atoms with E-state index in [0.29, 0.717) is 32.4 Å². The molecule has 0 radical (unpaired) electrons. The summed E-state index contributed by atoms with van der Waals surface area (Å²) in [6.45, 7) is 6.41. The van der Waals surface area contributed by atoms with E-state index in [9.17, 15) is 14.4 Å². The molecule has 1 aromatic carbocycles. The van der Waals surface area contributed by atoms with Gasteiger partial charge in [-0.3, -0.25) is 13.9 Å². The summed E-state index contributed by atoms with van der Waals surface area (Å²) in [5, 5.41) is 2.84. The molecule has 3 unspecified atom stereocenters. The number of amides is 2. The molecular weight excluding hydrogens is 441 g/mol. The molecular formula is C24H34FN5O4. The Morgan fingerprint density at radius 2 is 1.97 bits per heavy atom. The minimum atomic E-state index is -1.27. The van der Waals surface area contributed by atoms with Gasteiger partial charge in [-0.2, -0.15) is 0 Å². The van der Waals surface area contributed by atoms with E-state index in [-0.39, 0.29) is 24.2 Å². The summed E-state index contributed by atoms with van der Waals surface area (Å²) in [5.41, 5.74) is 1.51. The van der Waals surface area contributed by atoms with E-state index in [0.717, 1.165) is 16.7 Å². The maximum Gasteiger partial charge on any atom is 0.410 e. The highest BCUT2D eigenvalue weighted by atomic mass is 19.1. The minimum absolute atomic E-state index is 0.00145. The molecule has 2 fully saturated rings. The topological polar surface area (TPSA) is 88.8 Å². The Kier molecular flexibility index (Phi) is 6.35. The number of ether oxygens (including phenoxy) is 1. The lowest BCUT2D eigenvalue weighted by Gasteiger charge is -2.40. The van der Waals surface area contributed by atoms with Crippen molar-refractivity contribution in [3.05, 3.63) is 28.7 Å². The highest BCUT2D eigenvalue weighted by molar-refractivity contribution is 5.90. The zero-order valence-corrected chi connectivity index (χ0v) is 20.5. The second-order valence-corrected chi connectivity index (χ2v) is 10.3. The number of rotatable bonds is 3. The van der Waals surface area contributed by atoms with E-state index in [4.69, 9.17) is 4.74 Å². The number of nitrogens with one attached hydrogen (secondary N) is 1. The number of piperidine rings is 2. The summed E-state index contributed by atoms with van der Waals surface area (Å²) in [6, 6.07) is 4.98. The van der Waals surface area contributed by atoms with Crippen LogP contribution in [0.3, 0.4) is 0 Å². The molecule has 3 atom stereocenters. The van der Waals surface area contributed by atoms with Gasteiger partial charge in [-0.25, -0.2) is 14.0 Å². The molecule has 34 heavy (non-hydrogen) atoms. The Morgan fingerprint density at radius 3 is 2.59 bits per heavy atom. The predicted molar refractivity (Wildman–Crippen MR) is 128 cm³/mol. The molecule has 1 aromatic heterocycles. The van der Waals surface area contributed by atoms with Crippen LogP contribution in [-0.2, 0) is 16.6 Å². The largest absolute Gasteiger partial charge is 0.444 e. The number of fused-ring (bicyclic) bond motifs is 1. The van der Waals surface area contributed by atoms with Crippen molar-refractivity contribution in [2.75, 3.05) is 31.6 Å². The third kappa shape index (κ3) is 4.50. The fourth-order valence-electron chi connectivity index (χ4n) is 4.98. The van der Waals surface area contributed by atoms with Gasteiger partial charge in [-0.15, -0.1) is 0 Å². The van der Waals surface area contributed by atoms with Crippen LogP contribution < -0.4 is 15.9 Å². The molecule has 2 aliphatic heterocycles. The minimum Gasteiger partial charge on any atom is -0.444 e. The van der Waals surface area contributed by atoms with Gasteiger partial charge in [0, 0.05) is 33.6 Å². The molecule has 0 bridgehead atoms. The first-order chi connectivity index (χ1) is 16.0. The van der Waals surface area contributed by atoms with Crippen molar-refractivity contribution < 1.29 is 18.7 Å². The lowest BCUT2D eigenvalue weighted by molar-refractivity contribution is -0.122. The number of anilines is 1. The van der Waals surface area contributed by atoms with Gasteiger partial charge in [-0.05, 0) is 45.7 Å². The summed E-state index contributed by atoms with van der Waals surface area (Å²) in [6.07, 6.45) is -0.375. The lowest BCUT2D eigenvalue weighted by Crippen LogP contribution is -2.53. The zero-order valence-electron chi connectivity index (χ0n) is 20.5. The van der Waals surface area contributed by atoms with Crippen LogP contribution in [0, 0.1) is 0 Å². The second kappa shape index (κ2) is 8.96. The number of alkyl halides is 1. The maximum absolute atomic E-state index is 15.3. The standard InChI is InChI=1S/C24H34FN5O4/c1-24(2,3)34-23(33)27(4)17-11-12-29(14-16(17)25)18-7-6-8-19-21(18)28(5)22(32)30(19)15-9-10-20(31)26-13-15/h6-8,15-17H,9-14H2,1-5H3,(H,26,31). The molecule has 2 aliphatic rings. The molecule has 1 N–H and O–H groups in total. The molecule has 9 nitrogen and oxygen atoms in total. The molecule has 4 rings (SSSR count). The molecule has 186 valence electrons. The summed E-state index contributed by atoms with van der Waals surface area (Å²) in [4.78, 5) is 40.5. The maximum atomic E-state index is 15.3. The van der Waals surface area contributed by atoms with Crippen molar-refractivity contribution in [3.63, 3.8) is 0 Å². The number of imidazole rings is 1. The predicted octanol–water partition coefficient (Wildman–Crippen LogP) is 2.57. The number of carbonyl (C=O) groups is 2. The van der Waals surface area contributed by atoms with Crippen LogP contribution in [0.5, 0.6) is 0 Å². The SMILES string of the molecule is CN(C(=O)OC(C)(C)C)C1CCN(c2cccc3c2n(C)c(=O)n3C2CCC(=O)NC2)CC1F. The van der Waals surface area contributed by atoms with E-state index >= 15 is 4.39 Å². The van der Waals surface area contributed by atoms with E-state index < -0.39 is 23.9 Å². The van der Waals surface area contributed by atoms with Gasteiger partial charge >= 0.3 is 11.8 Å². The van der Waals surface area contributed by atoms with Crippen molar-refractivity contribution in [2.24, 2.45) is 7.05 Å². The first kappa shape index (κ1) is 24.1. The number of nitrogens with zero attached hydrogens (tertiary/aromatic N) is 4. The number of benzene rings is 1. The van der Waals surface area contributed by atoms with Crippen LogP contribution in [-0.4, -0.2) is 70.5 Å². The van der Waals surface area contributed by atoms with Gasteiger partial charge < -0.3 is 19.9 Å². The van der Waals surface area contributed by atoms with Crippen LogP contribution in [0.2, 0.25) is 0 Å². The smallest absolute Gasteiger partial charge is 0.410 e. The fraction of sp³-hybridized carbons (Fsp3) is 0.625. The Labute approximate surface area is 198 Å². The fourth-order valence-corrected chi connectivity index (χ4v) is 4.98. The van der Waals surface area contributed by atoms with Crippen LogP contribution in [0.25, 0.3) is 11.0 Å². The molecule has 3 heterocycles. The molecule has 10 heteroatoms. The summed E-state index contributed by atoms with van der Waals surface area (Å²) >= 11 is 0. The van der Waals surface area contributed by atoms with Crippen molar-refractivity contribution in [1.29, 1.82) is 0 Å². The van der Waals surface area contributed by atoms with Gasteiger partial charge in [0.15, 0.2) is 0 Å². The first-order valence-corrected chi connectivity index (χ1v) is 11.8. The van der Waals surface area contributed by atoms with Crippen LogP contribution in [0.4, 0.5) is 14.9 Å². The summed E-state index contributed by atoms with van der Waals surface area (Å²) in [7, 11) is 3.30. The Bertz CT molecular complexity index is 1140. The number of hydrogen-bond acceptors (Lipinski definition) is 5. The Balaban J connectivity index is 1.58. The molecule has 2 aromatic rings. The highest BCUT2D eigenvalue weighted by Crippen LogP contribution is 2.32. The van der Waals surface area contributed by atoms with Crippen molar-refractivity contribution in [1.82, 2.24) is 19.4 Å². The molecule has 2 saturated heterocycles. The van der Waals surface area contributed by atoms with Gasteiger partial charge in [-0.1, -0.05) is 6.07 Å². The third-order valence-electron chi connectivity index (χ3n) is 6.71. The number of halogens is 1. The summed E-state index contributed by atoms with van der Waals surface area (Å²) < 4.78 is 24.1. The van der Waals surface area contributed by atoms with Crippen LogP contribution in [0.1, 0.15) is 46.1 Å². The van der Waals surface area contributed by atoms with E-state index in [1.165, 1.54) is 4.90 Å². The third-order valence-corrected chi connectivity index (χ3v) is 6.71. The van der Waals surface area contributed by atoms with Crippen LogP contribution in [0.15, 0.2) is 23.0 Å². The van der Waals surface area contributed by atoms with Crippen LogP contribution >= 0.6 is 0 Å². The second-order valence-electron chi connectivity index (χ2n) is 10.3. The van der Waals surface area contributed by atoms with E-state index in [2.05, 4.69) is 5.32 Å². The van der Waals surface area contributed by atoms with E-state index in [1.807, 2.05) is 23.1 Å². The number of aromatic nitrogens is 2. The lowest BCUT2D eigenvalue weighted by atomic mass is 10.0. The van der Waals surface area contributed by atoms with Crippen molar-refractivity contribution in [2.45, 2.75) is 63.9 Å².